The van der Waals surface area contributed by atoms with Crippen molar-refractivity contribution in [1.29, 1.82) is 0 Å². The van der Waals surface area contributed by atoms with Crippen LogP contribution >= 0.6 is 0 Å². The summed E-state index contributed by atoms with van der Waals surface area (Å²) in [5.41, 5.74) is 3.90. The maximum atomic E-state index is 13.5. The van der Waals surface area contributed by atoms with Crippen LogP contribution in [0.3, 0.4) is 0 Å². The van der Waals surface area contributed by atoms with Crippen molar-refractivity contribution >= 4 is 6.02 Å². The van der Waals surface area contributed by atoms with E-state index in [0.29, 0.717) is 6.07 Å². The van der Waals surface area contributed by atoms with E-state index in [0.717, 1.165) is 6.07 Å². The zero-order chi connectivity index (χ0) is 11.9. The summed E-state index contributed by atoms with van der Waals surface area (Å²) in [7, 11) is 0. The number of hydrogen-bond acceptors (Lipinski definition) is 3. The van der Waals surface area contributed by atoms with E-state index in [1.807, 2.05) is 0 Å². The normalized spacial score (nSPS) is 24.1. The van der Waals surface area contributed by atoms with Gasteiger partial charge in [0.1, 0.15) is 18.0 Å². The van der Waals surface area contributed by atoms with E-state index in [2.05, 4.69) is 4.99 Å². The smallest absolute Gasteiger partial charge is 0.283 e. The van der Waals surface area contributed by atoms with Crippen LogP contribution in [-0.2, 0) is 10.3 Å². The Kier molecular flexibility index (Phi) is 2.29. The largest absolute Gasteiger partial charge is 0.462 e. The number of ether oxygens (including phenoxy) is 1. The minimum atomic E-state index is -1.25. The van der Waals surface area contributed by atoms with E-state index < -0.39 is 23.0 Å². The molecule has 0 aliphatic carbocycles. The summed E-state index contributed by atoms with van der Waals surface area (Å²) < 4.78 is 44.4. The van der Waals surface area contributed by atoms with Gasteiger partial charge >= 0.3 is 0 Å². The first-order chi connectivity index (χ1) is 7.42. The van der Waals surface area contributed by atoms with Crippen molar-refractivity contribution in [2.45, 2.75) is 12.5 Å². The lowest BCUT2D eigenvalue weighted by Gasteiger charge is -2.19. The fourth-order valence-electron chi connectivity index (χ4n) is 1.61. The Bertz CT molecular complexity index is 475. The van der Waals surface area contributed by atoms with Crippen LogP contribution in [-0.4, -0.2) is 12.6 Å². The maximum Gasteiger partial charge on any atom is 0.283 e. The molecule has 1 aromatic rings. The van der Waals surface area contributed by atoms with Gasteiger partial charge in [0, 0.05) is 11.6 Å². The van der Waals surface area contributed by atoms with E-state index in [1.54, 1.807) is 0 Å². The molecule has 0 unspecified atom stereocenters. The van der Waals surface area contributed by atoms with Crippen molar-refractivity contribution in [2.75, 3.05) is 6.61 Å². The molecule has 0 radical (unpaired) electrons. The van der Waals surface area contributed by atoms with Crippen molar-refractivity contribution in [1.82, 2.24) is 0 Å². The van der Waals surface area contributed by atoms with E-state index in [-0.39, 0.29) is 18.2 Å². The Hall–Kier alpha value is -1.72. The summed E-state index contributed by atoms with van der Waals surface area (Å²) >= 11 is 0. The van der Waals surface area contributed by atoms with Gasteiger partial charge in [-0.25, -0.2) is 18.2 Å². The van der Waals surface area contributed by atoms with Crippen LogP contribution in [0.2, 0.25) is 0 Å². The number of halogens is 3. The number of nitrogens with zero attached hydrogens (tertiary/aromatic N) is 1. The Labute approximate surface area is 89.7 Å². The number of nitrogens with two attached hydrogens (primary N) is 1. The summed E-state index contributed by atoms with van der Waals surface area (Å²) in [4.78, 5) is 3.83. The van der Waals surface area contributed by atoms with Crippen molar-refractivity contribution < 1.29 is 17.9 Å². The third-order valence-corrected chi connectivity index (χ3v) is 2.43. The molecule has 2 N–H and O–H groups in total. The third-order valence-electron chi connectivity index (χ3n) is 2.43. The zero-order valence-corrected chi connectivity index (χ0v) is 8.43. The van der Waals surface area contributed by atoms with Gasteiger partial charge in [-0.1, -0.05) is 0 Å². The van der Waals surface area contributed by atoms with Crippen LogP contribution < -0.4 is 5.73 Å². The molecule has 1 aliphatic rings. The van der Waals surface area contributed by atoms with Crippen molar-refractivity contribution in [3.8, 4) is 0 Å². The molecule has 1 heterocycles. The number of amidine groups is 1. The first kappa shape index (κ1) is 10.8. The van der Waals surface area contributed by atoms with Gasteiger partial charge in [-0.2, -0.15) is 0 Å². The maximum absolute atomic E-state index is 13.5. The fourth-order valence-corrected chi connectivity index (χ4v) is 1.61. The average Bonchev–Trinajstić information content (AvgIpc) is 2.53. The highest BCUT2D eigenvalue weighted by Gasteiger charge is 2.36. The summed E-state index contributed by atoms with van der Waals surface area (Å²) in [6.45, 7) is 1.45. The first-order valence-corrected chi connectivity index (χ1v) is 4.55. The van der Waals surface area contributed by atoms with E-state index in [4.69, 9.17) is 10.5 Å². The van der Waals surface area contributed by atoms with E-state index >= 15 is 0 Å². The second-order valence-corrected chi connectivity index (χ2v) is 3.76. The molecule has 16 heavy (non-hydrogen) atoms. The highest BCUT2D eigenvalue weighted by atomic mass is 19.2. The van der Waals surface area contributed by atoms with Crippen LogP contribution in [0.15, 0.2) is 17.1 Å². The number of rotatable bonds is 1. The first-order valence-electron chi connectivity index (χ1n) is 4.55. The quantitative estimate of drug-likeness (QED) is 0.746. The summed E-state index contributed by atoms with van der Waals surface area (Å²) in [5, 5.41) is 0. The number of benzene rings is 1. The Morgan fingerprint density at radius 2 is 2.06 bits per heavy atom. The van der Waals surface area contributed by atoms with Gasteiger partial charge in [0.25, 0.3) is 6.02 Å². The average molecular weight is 230 g/mol. The number of aliphatic imine (C=N–C) groups is 1. The topological polar surface area (TPSA) is 47.6 Å². The lowest BCUT2D eigenvalue weighted by Crippen LogP contribution is -2.23. The van der Waals surface area contributed by atoms with Gasteiger partial charge in [-0.05, 0) is 13.0 Å². The van der Waals surface area contributed by atoms with Crippen molar-refractivity contribution in [3.05, 3.63) is 35.1 Å². The minimum Gasteiger partial charge on any atom is -0.462 e. The van der Waals surface area contributed by atoms with E-state index in [1.165, 1.54) is 6.92 Å². The predicted molar refractivity (Wildman–Crippen MR) is 51.2 cm³/mol. The van der Waals surface area contributed by atoms with Gasteiger partial charge < -0.3 is 10.5 Å². The molecular weight excluding hydrogens is 221 g/mol. The molecule has 0 amide bonds. The molecule has 6 heteroatoms. The van der Waals surface area contributed by atoms with Gasteiger partial charge in [0.2, 0.25) is 0 Å². The lowest BCUT2D eigenvalue weighted by atomic mass is 9.93. The highest BCUT2D eigenvalue weighted by molar-refractivity contribution is 5.74. The van der Waals surface area contributed by atoms with Crippen LogP contribution in [0.25, 0.3) is 0 Å². The fraction of sp³-hybridized carbons (Fsp3) is 0.300. The molecule has 2 rings (SSSR count). The molecule has 0 fully saturated rings. The molecule has 3 nitrogen and oxygen atoms in total. The third kappa shape index (κ3) is 1.60. The molecule has 0 spiro atoms. The van der Waals surface area contributed by atoms with Crippen LogP contribution in [0.5, 0.6) is 0 Å². The molecule has 0 saturated carbocycles. The molecule has 0 aromatic heterocycles. The number of hydrogen-bond donors (Lipinski definition) is 1. The molecule has 0 bridgehead atoms. The molecule has 1 atom stereocenters. The minimum absolute atomic E-state index is 0.0430. The molecular formula is C10H9F3N2O. The van der Waals surface area contributed by atoms with Crippen LogP contribution in [0.1, 0.15) is 12.5 Å². The standard InChI is InChI=1S/C10H9F3N2O/c1-10(4-16-9(14)15-10)6-2-5(11)3-7(12)8(6)13/h2-3H,4H2,1H3,(H2,14,15)/t10-/m1/s1. The highest BCUT2D eigenvalue weighted by Crippen LogP contribution is 2.32. The monoisotopic (exact) mass is 230 g/mol. The second kappa shape index (κ2) is 3.40. The second-order valence-electron chi connectivity index (χ2n) is 3.76. The zero-order valence-electron chi connectivity index (χ0n) is 8.43. The van der Waals surface area contributed by atoms with Crippen molar-refractivity contribution in [3.63, 3.8) is 0 Å². The Balaban J connectivity index is 2.56. The molecule has 86 valence electrons. The molecule has 1 aromatic carbocycles. The predicted octanol–water partition coefficient (Wildman–Crippen LogP) is 1.66. The summed E-state index contributed by atoms with van der Waals surface area (Å²) in [5.74, 6) is -3.25. The molecule has 0 saturated heterocycles. The Morgan fingerprint density at radius 3 is 2.62 bits per heavy atom. The van der Waals surface area contributed by atoms with Gasteiger partial charge in [0.05, 0.1) is 0 Å². The van der Waals surface area contributed by atoms with Gasteiger partial charge in [-0.3, -0.25) is 0 Å². The Morgan fingerprint density at radius 1 is 1.38 bits per heavy atom. The SMILES string of the molecule is C[C@]1(c2cc(F)cc(F)c2F)COC(N)=N1. The van der Waals surface area contributed by atoms with Crippen molar-refractivity contribution in [2.24, 2.45) is 10.7 Å². The lowest BCUT2D eigenvalue weighted by molar-refractivity contribution is 0.260. The van der Waals surface area contributed by atoms with Gasteiger partial charge in [-0.15, -0.1) is 0 Å². The van der Waals surface area contributed by atoms with Crippen LogP contribution in [0, 0.1) is 17.5 Å². The summed E-state index contributed by atoms with van der Waals surface area (Å²) in [6.07, 6.45) is 0. The van der Waals surface area contributed by atoms with Crippen LogP contribution in [0.4, 0.5) is 13.2 Å². The van der Waals surface area contributed by atoms with E-state index in [9.17, 15) is 13.2 Å². The van der Waals surface area contributed by atoms with Gasteiger partial charge in [0.15, 0.2) is 11.6 Å². The molecule has 1 aliphatic heterocycles. The summed E-state index contributed by atoms with van der Waals surface area (Å²) in [6, 6.07) is 1.25.